The third-order valence-electron chi connectivity index (χ3n) is 4.19. The van der Waals surface area contributed by atoms with Crippen molar-refractivity contribution in [3.8, 4) is 11.5 Å². The van der Waals surface area contributed by atoms with Gasteiger partial charge in [-0.25, -0.2) is 0 Å². The van der Waals surface area contributed by atoms with Gasteiger partial charge >= 0.3 is 0 Å². The Bertz CT molecular complexity index is 908. The minimum atomic E-state index is -0.218. The predicted octanol–water partition coefficient (Wildman–Crippen LogP) is 5.50. The number of hydrogen-bond donors (Lipinski definition) is 1. The highest BCUT2D eigenvalue weighted by Gasteiger charge is 2.05. The van der Waals surface area contributed by atoms with E-state index in [4.69, 9.17) is 21.1 Å². The monoisotopic (exact) mass is 395 g/mol. The molecule has 0 aliphatic carbocycles. The average molecular weight is 396 g/mol. The fraction of sp³-hybridized carbons (Fsp3) is 0.174. The molecule has 0 spiro atoms. The lowest BCUT2D eigenvalue weighted by atomic mass is 10.2. The van der Waals surface area contributed by atoms with Crippen LogP contribution < -0.4 is 14.8 Å². The molecule has 0 unspecified atom stereocenters. The molecule has 28 heavy (non-hydrogen) atoms. The summed E-state index contributed by atoms with van der Waals surface area (Å²) in [6.45, 7) is 2.43. The van der Waals surface area contributed by atoms with Crippen molar-refractivity contribution in [2.24, 2.45) is 0 Å². The molecule has 0 saturated heterocycles. The van der Waals surface area contributed by atoms with E-state index in [1.165, 1.54) is 5.56 Å². The maximum atomic E-state index is 12.1. The quantitative estimate of drug-likeness (QED) is 0.548. The zero-order chi connectivity index (χ0) is 19.8. The first-order chi connectivity index (χ1) is 13.6. The average Bonchev–Trinajstić information content (AvgIpc) is 2.73. The van der Waals surface area contributed by atoms with Gasteiger partial charge in [-0.1, -0.05) is 48.9 Å². The number of carbonyl (C=O) groups is 1. The van der Waals surface area contributed by atoms with E-state index < -0.39 is 0 Å². The highest BCUT2D eigenvalue weighted by atomic mass is 35.5. The van der Waals surface area contributed by atoms with Crippen LogP contribution in [-0.2, 0) is 17.8 Å². The van der Waals surface area contributed by atoms with Crippen molar-refractivity contribution >= 4 is 23.2 Å². The van der Waals surface area contributed by atoms with Crippen LogP contribution in [0.15, 0.2) is 72.8 Å². The zero-order valence-corrected chi connectivity index (χ0v) is 16.4. The van der Waals surface area contributed by atoms with Gasteiger partial charge in [0.05, 0.1) is 0 Å². The highest BCUT2D eigenvalue weighted by Crippen LogP contribution is 2.20. The van der Waals surface area contributed by atoms with E-state index in [9.17, 15) is 4.79 Å². The third-order valence-corrected chi connectivity index (χ3v) is 4.56. The maximum Gasteiger partial charge on any atom is 0.262 e. The van der Waals surface area contributed by atoms with E-state index in [1.807, 2.05) is 48.5 Å². The molecule has 3 aromatic rings. The van der Waals surface area contributed by atoms with Crippen molar-refractivity contribution in [3.05, 3.63) is 88.9 Å². The molecule has 0 atom stereocenters. The summed E-state index contributed by atoms with van der Waals surface area (Å²) in [7, 11) is 0. The van der Waals surface area contributed by atoms with Gasteiger partial charge in [-0.15, -0.1) is 0 Å². The molecular formula is C23H22ClNO3. The first-order valence-electron chi connectivity index (χ1n) is 9.12. The lowest BCUT2D eigenvalue weighted by Gasteiger charge is -2.10. The topological polar surface area (TPSA) is 47.6 Å². The number of anilines is 1. The van der Waals surface area contributed by atoms with Crippen LogP contribution in [0.3, 0.4) is 0 Å². The van der Waals surface area contributed by atoms with Gasteiger partial charge in [-0.3, -0.25) is 4.79 Å². The van der Waals surface area contributed by atoms with Crippen LogP contribution in [0, 0.1) is 0 Å². The summed E-state index contributed by atoms with van der Waals surface area (Å²) >= 11 is 6.12. The number of halogens is 1. The maximum absolute atomic E-state index is 12.1. The minimum absolute atomic E-state index is 0.0454. The van der Waals surface area contributed by atoms with Crippen molar-refractivity contribution in [2.45, 2.75) is 20.0 Å². The summed E-state index contributed by atoms with van der Waals surface area (Å²) in [5.74, 6) is 1.16. The standard InChI is InChI=1S/C23H22ClNO3/c1-2-17-7-11-20(12-8-17)28-16-23(26)25-19-9-13-21(14-10-19)27-15-18-5-3-4-6-22(18)24/h3-14H,2,15-16H2,1H3,(H,25,26). The lowest BCUT2D eigenvalue weighted by Crippen LogP contribution is -2.20. The molecule has 1 amide bonds. The van der Waals surface area contributed by atoms with Gasteiger partial charge in [0.2, 0.25) is 0 Å². The Morgan fingerprint density at radius 1 is 0.893 bits per heavy atom. The highest BCUT2D eigenvalue weighted by molar-refractivity contribution is 6.31. The van der Waals surface area contributed by atoms with Crippen LogP contribution in [-0.4, -0.2) is 12.5 Å². The van der Waals surface area contributed by atoms with Crippen molar-refractivity contribution < 1.29 is 14.3 Å². The second-order valence-electron chi connectivity index (χ2n) is 6.24. The fourth-order valence-electron chi connectivity index (χ4n) is 2.58. The second-order valence-corrected chi connectivity index (χ2v) is 6.65. The summed E-state index contributed by atoms with van der Waals surface area (Å²) in [6, 6.07) is 22.5. The van der Waals surface area contributed by atoms with E-state index in [1.54, 1.807) is 24.3 Å². The Balaban J connectivity index is 1.46. The molecule has 144 valence electrons. The van der Waals surface area contributed by atoms with Crippen LogP contribution in [0.2, 0.25) is 5.02 Å². The fourth-order valence-corrected chi connectivity index (χ4v) is 2.77. The third kappa shape index (κ3) is 5.76. The van der Waals surface area contributed by atoms with Crippen LogP contribution in [0.5, 0.6) is 11.5 Å². The van der Waals surface area contributed by atoms with Crippen molar-refractivity contribution in [3.63, 3.8) is 0 Å². The molecule has 0 saturated carbocycles. The Morgan fingerprint density at radius 3 is 2.21 bits per heavy atom. The van der Waals surface area contributed by atoms with Crippen LogP contribution in [0.4, 0.5) is 5.69 Å². The zero-order valence-electron chi connectivity index (χ0n) is 15.7. The van der Waals surface area contributed by atoms with E-state index in [2.05, 4.69) is 12.2 Å². The molecule has 1 N–H and O–H groups in total. The smallest absolute Gasteiger partial charge is 0.262 e. The number of benzene rings is 3. The summed E-state index contributed by atoms with van der Waals surface area (Å²) in [6.07, 6.45) is 0.971. The molecule has 0 fully saturated rings. The normalized spacial score (nSPS) is 10.4. The van der Waals surface area contributed by atoms with Gasteiger partial charge in [0, 0.05) is 16.3 Å². The molecule has 3 rings (SSSR count). The van der Waals surface area contributed by atoms with Crippen LogP contribution in [0.1, 0.15) is 18.1 Å². The molecule has 0 bridgehead atoms. The van der Waals surface area contributed by atoms with Crippen LogP contribution >= 0.6 is 11.6 Å². The molecule has 0 aliphatic rings. The van der Waals surface area contributed by atoms with Gasteiger partial charge in [0.25, 0.3) is 5.91 Å². The Hall–Kier alpha value is -2.98. The molecule has 0 heterocycles. The molecule has 0 aliphatic heterocycles. The lowest BCUT2D eigenvalue weighted by molar-refractivity contribution is -0.118. The molecule has 0 aromatic heterocycles. The number of hydrogen-bond acceptors (Lipinski definition) is 3. The Labute approximate surface area is 170 Å². The van der Waals surface area contributed by atoms with Gasteiger partial charge in [0.15, 0.2) is 6.61 Å². The number of carbonyl (C=O) groups excluding carboxylic acids is 1. The molecule has 3 aromatic carbocycles. The predicted molar refractivity (Wildman–Crippen MR) is 112 cm³/mol. The Morgan fingerprint density at radius 2 is 1.54 bits per heavy atom. The number of amides is 1. The van der Waals surface area contributed by atoms with Gasteiger partial charge in [0.1, 0.15) is 18.1 Å². The second kappa shape index (κ2) is 9.81. The van der Waals surface area contributed by atoms with E-state index in [-0.39, 0.29) is 12.5 Å². The van der Waals surface area contributed by atoms with Gasteiger partial charge < -0.3 is 14.8 Å². The van der Waals surface area contributed by atoms with Crippen molar-refractivity contribution in [1.82, 2.24) is 0 Å². The summed E-state index contributed by atoms with van der Waals surface area (Å²) < 4.78 is 11.2. The van der Waals surface area contributed by atoms with Gasteiger partial charge in [-0.2, -0.15) is 0 Å². The minimum Gasteiger partial charge on any atom is -0.489 e. The first kappa shape index (κ1) is 19.8. The summed E-state index contributed by atoms with van der Waals surface area (Å²) in [5, 5.41) is 3.48. The SMILES string of the molecule is CCc1ccc(OCC(=O)Nc2ccc(OCc3ccccc3Cl)cc2)cc1. The summed E-state index contributed by atoms with van der Waals surface area (Å²) in [5.41, 5.74) is 2.83. The number of aryl methyl sites for hydroxylation is 1. The molecule has 5 heteroatoms. The largest absolute Gasteiger partial charge is 0.489 e. The van der Waals surface area contributed by atoms with E-state index in [0.29, 0.717) is 28.8 Å². The van der Waals surface area contributed by atoms with Crippen LogP contribution in [0.25, 0.3) is 0 Å². The number of rotatable bonds is 8. The molecule has 0 radical (unpaired) electrons. The van der Waals surface area contributed by atoms with E-state index in [0.717, 1.165) is 12.0 Å². The first-order valence-corrected chi connectivity index (χ1v) is 9.49. The van der Waals surface area contributed by atoms with Crippen molar-refractivity contribution in [2.75, 3.05) is 11.9 Å². The Kier molecular flexibility index (Phi) is 6.93. The number of ether oxygens (including phenoxy) is 2. The van der Waals surface area contributed by atoms with Gasteiger partial charge in [-0.05, 0) is 54.4 Å². The molecular weight excluding hydrogens is 374 g/mol. The summed E-state index contributed by atoms with van der Waals surface area (Å²) in [4.78, 5) is 12.1. The number of nitrogens with one attached hydrogen (secondary N) is 1. The van der Waals surface area contributed by atoms with E-state index >= 15 is 0 Å². The molecule has 4 nitrogen and oxygen atoms in total. The van der Waals surface area contributed by atoms with Crippen molar-refractivity contribution in [1.29, 1.82) is 0 Å².